The minimum atomic E-state index is -0.654. The molecule has 20 heavy (non-hydrogen) atoms. The average Bonchev–Trinajstić information content (AvgIpc) is 3.28. The van der Waals surface area contributed by atoms with Gasteiger partial charge in [-0.2, -0.15) is 0 Å². The van der Waals surface area contributed by atoms with E-state index in [0.717, 1.165) is 45.1 Å². The van der Waals surface area contributed by atoms with Crippen molar-refractivity contribution in [3.8, 4) is 0 Å². The van der Waals surface area contributed by atoms with Crippen molar-refractivity contribution < 1.29 is 9.59 Å². The number of unbranched alkanes of at least 4 members (excludes halogenated alkanes) is 1. The third-order valence-corrected chi connectivity index (χ3v) is 5.58. The summed E-state index contributed by atoms with van der Waals surface area (Å²) in [7, 11) is 0. The largest absolute Gasteiger partial charge is 0.340 e. The summed E-state index contributed by atoms with van der Waals surface area (Å²) in [5, 5.41) is 3.09. The SMILES string of the molecule is CCCCN1C(=O)C(C)(C2CC2)NC(=O)C1(C)C1CC1. The smallest absolute Gasteiger partial charge is 0.249 e. The summed E-state index contributed by atoms with van der Waals surface area (Å²) in [6.45, 7) is 6.75. The van der Waals surface area contributed by atoms with E-state index in [4.69, 9.17) is 0 Å². The predicted molar refractivity (Wildman–Crippen MR) is 77.0 cm³/mol. The molecule has 1 N–H and O–H groups in total. The van der Waals surface area contributed by atoms with Gasteiger partial charge in [0.1, 0.15) is 11.1 Å². The molecule has 1 heterocycles. The highest BCUT2D eigenvalue weighted by Crippen LogP contribution is 2.49. The fourth-order valence-electron chi connectivity index (χ4n) is 3.67. The molecule has 2 aliphatic carbocycles. The zero-order valence-electron chi connectivity index (χ0n) is 12.9. The molecule has 2 atom stereocenters. The second-order valence-corrected chi connectivity index (χ2v) is 7.16. The Kier molecular flexibility index (Phi) is 3.11. The van der Waals surface area contributed by atoms with Gasteiger partial charge < -0.3 is 10.2 Å². The number of hydrogen-bond donors (Lipinski definition) is 1. The van der Waals surface area contributed by atoms with Crippen LogP contribution in [0.1, 0.15) is 59.3 Å². The van der Waals surface area contributed by atoms with E-state index in [0.29, 0.717) is 11.8 Å². The zero-order chi connectivity index (χ0) is 14.5. The van der Waals surface area contributed by atoms with Crippen molar-refractivity contribution in [3.63, 3.8) is 0 Å². The highest BCUT2D eigenvalue weighted by atomic mass is 16.2. The van der Waals surface area contributed by atoms with Crippen LogP contribution in [-0.2, 0) is 9.59 Å². The molecular weight excluding hydrogens is 252 g/mol. The molecule has 2 amide bonds. The lowest BCUT2D eigenvalue weighted by molar-refractivity contribution is -0.164. The molecule has 0 bridgehead atoms. The first-order chi connectivity index (χ1) is 9.44. The Morgan fingerprint density at radius 2 is 1.75 bits per heavy atom. The maximum atomic E-state index is 13.0. The summed E-state index contributed by atoms with van der Waals surface area (Å²) in [5.41, 5.74) is -1.26. The van der Waals surface area contributed by atoms with Gasteiger partial charge in [-0.15, -0.1) is 0 Å². The van der Waals surface area contributed by atoms with Crippen LogP contribution < -0.4 is 5.32 Å². The molecule has 0 spiro atoms. The lowest BCUT2D eigenvalue weighted by Crippen LogP contribution is -2.75. The fourth-order valence-corrected chi connectivity index (χ4v) is 3.67. The molecule has 2 unspecified atom stereocenters. The van der Waals surface area contributed by atoms with Crippen LogP contribution in [0.5, 0.6) is 0 Å². The predicted octanol–water partition coefficient (Wildman–Crippen LogP) is 2.08. The summed E-state index contributed by atoms with van der Waals surface area (Å²) in [6, 6.07) is 0. The van der Waals surface area contributed by atoms with Crippen molar-refractivity contribution in [3.05, 3.63) is 0 Å². The number of piperazine rings is 1. The Morgan fingerprint density at radius 3 is 2.25 bits per heavy atom. The first-order valence-electron chi connectivity index (χ1n) is 8.09. The summed E-state index contributed by atoms with van der Waals surface area (Å²) in [4.78, 5) is 27.7. The van der Waals surface area contributed by atoms with Gasteiger partial charge in [-0.3, -0.25) is 9.59 Å². The maximum absolute atomic E-state index is 13.0. The highest BCUT2D eigenvalue weighted by Gasteiger charge is 2.62. The van der Waals surface area contributed by atoms with Gasteiger partial charge in [0.2, 0.25) is 11.8 Å². The van der Waals surface area contributed by atoms with E-state index in [1.54, 1.807) is 0 Å². The Hall–Kier alpha value is -1.06. The monoisotopic (exact) mass is 278 g/mol. The van der Waals surface area contributed by atoms with E-state index in [1.807, 2.05) is 18.7 Å². The van der Waals surface area contributed by atoms with Crippen molar-refractivity contribution in [2.45, 2.75) is 70.4 Å². The molecule has 3 fully saturated rings. The Labute approximate surface area is 121 Å². The number of nitrogens with zero attached hydrogens (tertiary/aromatic N) is 1. The summed E-state index contributed by atoms with van der Waals surface area (Å²) < 4.78 is 0. The molecule has 3 aliphatic rings. The van der Waals surface area contributed by atoms with Crippen molar-refractivity contribution in [1.82, 2.24) is 10.2 Å². The van der Waals surface area contributed by atoms with E-state index in [-0.39, 0.29) is 11.8 Å². The Morgan fingerprint density at radius 1 is 1.15 bits per heavy atom. The van der Waals surface area contributed by atoms with Crippen LogP contribution in [0, 0.1) is 11.8 Å². The first kappa shape index (κ1) is 13.9. The normalized spacial score (nSPS) is 38.0. The van der Waals surface area contributed by atoms with Crippen LogP contribution in [0.2, 0.25) is 0 Å². The standard InChI is InChI=1S/C16H26N2O2/c1-4-5-10-18-14(20)15(2,11-6-7-11)17-13(19)16(18,3)12-8-9-12/h11-12H,4-10H2,1-3H3,(H,17,19). The highest BCUT2D eigenvalue weighted by molar-refractivity contribution is 6.02. The van der Waals surface area contributed by atoms with Crippen LogP contribution in [0.3, 0.4) is 0 Å². The van der Waals surface area contributed by atoms with Crippen LogP contribution in [-0.4, -0.2) is 34.3 Å². The van der Waals surface area contributed by atoms with E-state index in [2.05, 4.69) is 12.2 Å². The van der Waals surface area contributed by atoms with Gasteiger partial charge in [0.15, 0.2) is 0 Å². The quantitative estimate of drug-likeness (QED) is 0.837. The van der Waals surface area contributed by atoms with E-state index in [9.17, 15) is 9.59 Å². The summed E-state index contributed by atoms with van der Waals surface area (Å²) in [5.74, 6) is 0.923. The number of carbonyl (C=O) groups excluding carboxylic acids is 2. The first-order valence-corrected chi connectivity index (χ1v) is 8.09. The third kappa shape index (κ3) is 1.87. The molecule has 1 saturated heterocycles. The minimum absolute atomic E-state index is 0.0742. The topological polar surface area (TPSA) is 49.4 Å². The number of carbonyl (C=O) groups is 2. The summed E-state index contributed by atoms with van der Waals surface area (Å²) >= 11 is 0. The number of amides is 2. The molecular formula is C16H26N2O2. The molecule has 4 heteroatoms. The van der Waals surface area contributed by atoms with Gasteiger partial charge in [-0.25, -0.2) is 0 Å². The lowest BCUT2D eigenvalue weighted by atomic mass is 9.81. The van der Waals surface area contributed by atoms with Gasteiger partial charge in [0.05, 0.1) is 0 Å². The molecule has 3 rings (SSSR count). The molecule has 112 valence electrons. The van der Waals surface area contributed by atoms with Gasteiger partial charge in [-0.1, -0.05) is 13.3 Å². The van der Waals surface area contributed by atoms with E-state index >= 15 is 0 Å². The van der Waals surface area contributed by atoms with Crippen LogP contribution >= 0.6 is 0 Å². The number of nitrogens with one attached hydrogen (secondary N) is 1. The number of hydrogen-bond acceptors (Lipinski definition) is 2. The van der Waals surface area contributed by atoms with Crippen molar-refractivity contribution in [1.29, 1.82) is 0 Å². The second-order valence-electron chi connectivity index (χ2n) is 7.16. The molecule has 0 aromatic rings. The van der Waals surface area contributed by atoms with Crippen LogP contribution in [0.15, 0.2) is 0 Å². The lowest BCUT2D eigenvalue weighted by Gasteiger charge is -2.51. The second kappa shape index (κ2) is 4.47. The zero-order valence-corrected chi connectivity index (χ0v) is 12.9. The van der Waals surface area contributed by atoms with E-state index in [1.165, 1.54) is 0 Å². The molecule has 0 aromatic carbocycles. The maximum Gasteiger partial charge on any atom is 0.249 e. The van der Waals surface area contributed by atoms with E-state index < -0.39 is 11.1 Å². The molecule has 0 radical (unpaired) electrons. The Bertz CT molecular complexity index is 442. The summed E-state index contributed by atoms with van der Waals surface area (Å²) in [6.07, 6.45) is 6.28. The molecule has 0 aromatic heterocycles. The van der Waals surface area contributed by atoms with Crippen LogP contribution in [0.25, 0.3) is 0 Å². The Balaban J connectivity index is 1.92. The van der Waals surface area contributed by atoms with Gasteiger partial charge in [0.25, 0.3) is 0 Å². The van der Waals surface area contributed by atoms with Crippen molar-refractivity contribution in [2.75, 3.05) is 6.54 Å². The van der Waals surface area contributed by atoms with Crippen molar-refractivity contribution >= 4 is 11.8 Å². The van der Waals surface area contributed by atoms with Gasteiger partial charge in [-0.05, 0) is 57.8 Å². The van der Waals surface area contributed by atoms with Gasteiger partial charge >= 0.3 is 0 Å². The average molecular weight is 278 g/mol. The molecule has 2 saturated carbocycles. The van der Waals surface area contributed by atoms with Gasteiger partial charge in [0, 0.05) is 6.54 Å². The molecule has 4 nitrogen and oxygen atoms in total. The van der Waals surface area contributed by atoms with Crippen molar-refractivity contribution in [2.24, 2.45) is 11.8 Å². The fraction of sp³-hybridized carbons (Fsp3) is 0.875. The third-order valence-electron chi connectivity index (χ3n) is 5.58. The number of rotatable bonds is 5. The molecule has 1 aliphatic heterocycles. The van der Waals surface area contributed by atoms with Crippen LogP contribution in [0.4, 0.5) is 0 Å². The minimum Gasteiger partial charge on any atom is -0.340 e.